The molecule has 6 rings (SSSR count). The number of hydrogen-bond donors (Lipinski definition) is 1. The summed E-state index contributed by atoms with van der Waals surface area (Å²) >= 11 is 7.87. The van der Waals surface area contributed by atoms with E-state index in [-0.39, 0.29) is 6.61 Å². The number of thioether (sulfide) groups is 1. The molecule has 1 unspecified atom stereocenters. The molecule has 0 fully saturated rings. The minimum atomic E-state index is -0.516. The van der Waals surface area contributed by atoms with Crippen molar-refractivity contribution in [2.24, 2.45) is 0 Å². The summed E-state index contributed by atoms with van der Waals surface area (Å²) < 4.78 is 7.62. The monoisotopic (exact) mass is 552 g/mol. The number of benzene rings is 4. The zero-order valence-electron chi connectivity index (χ0n) is 21.2. The highest BCUT2D eigenvalue weighted by Crippen LogP contribution is 2.40. The van der Waals surface area contributed by atoms with Crippen LogP contribution in [0.1, 0.15) is 29.7 Å². The molecular formula is C31H25ClN4O2S. The van der Waals surface area contributed by atoms with Gasteiger partial charge in [0.1, 0.15) is 12.6 Å². The normalized spacial score (nSPS) is 14.7. The van der Waals surface area contributed by atoms with Gasteiger partial charge in [0, 0.05) is 16.5 Å². The first-order valence-corrected chi connectivity index (χ1v) is 13.9. The van der Waals surface area contributed by atoms with E-state index < -0.39 is 12.0 Å². The van der Waals surface area contributed by atoms with E-state index in [1.54, 1.807) is 4.68 Å². The van der Waals surface area contributed by atoms with E-state index in [0.29, 0.717) is 33.2 Å². The van der Waals surface area contributed by atoms with Crippen molar-refractivity contribution in [3.05, 3.63) is 130 Å². The van der Waals surface area contributed by atoms with Crippen molar-refractivity contribution in [3.63, 3.8) is 0 Å². The fourth-order valence-electron chi connectivity index (χ4n) is 4.79. The summed E-state index contributed by atoms with van der Waals surface area (Å²) in [5.74, 6) is 0.806. The Morgan fingerprint density at radius 1 is 0.974 bits per heavy atom. The summed E-state index contributed by atoms with van der Waals surface area (Å²) in [7, 11) is 0. The average molecular weight is 553 g/mol. The van der Waals surface area contributed by atoms with Gasteiger partial charge in [-0.1, -0.05) is 114 Å². The maximum absolute atomic E-state index is 13.7. The summed E-state index contributed by atoms with van der Waals surface area (Å²) in [6, 6.07) is 31.2. The number of aromatic nitrogens is 3. The molecule has 0 aliphatic carbocycles. The molecule has 4 aromatic carbocycles. The fourth-order valence-corrected chi connectivity index (χ4v) is 5.91. The topological polar surface area (TPSA) is 69.0 Å². The number of esters is 1. The number of rotatable bonds is 7. The van der Waals surface area contributed by atoms with Gasteiger partial charge in [-0.3, -0.25) is 0 Å². The predicted octanol–water partition coefficient (Wildman–Crippen LogP) is 7.41. The fraction of sp³-hybridized carbons (Fsp3) is 0.129. The van der Waals surface area contributed by atoms with Gasteiger partial charge < -0.3 is 10.1 Å². The molecule has 0 saturated heterocycles. The maximum atomic E-state index is 13.7. The number of hydrogen-bond acceptors (Lipinski definition) is 6. The highest BCUT2D eigenvalue weighted by Gasteiger charge is 2.36. The summed E-state index contributed by atoms with van der Waals surface area (Å²) in [6.07, 6.45) is 0. The third-order valence-electron chi connectivity index (χ3n) is 6.70. The Morgan fingerprint density at radius 2 is 1.72 bits per heavy atom. The van der Waals surface area contributed by atoms with Crippen molar-refractivity contribution >= 4 is 46.1 Å². The molecule has 1 aliphatic heterocycles. The van der Waals surface area contributed by atoms with Gasteiger partial charge in [0.2, 0.25) is 11.1 Å². The smallest absolute Gasteiger partial charge is 0.338 e. The second-order valence-corrected chi connectivity index (χ2v) is 10.6. The third-order valence-corrected chi connectivity index (χ3v) is 7.95. The number of ether oxygens (including phenoxy) is 1. The molecule has 1 aromatic heterocycles. The van der Waals surface area contributed by atoms with E-state index in [2.05, 4.69) is 23.5 Å². The van der Waals surface area contributed by atoms with E-state index in [0.717, 1.165) is 27.5 Å². The van der Waals surface area contributed by atoms with E-state index in [4.69, 9.17) is 26.4 Å². The summed E-state index contributed by atoms with van der Waals surface area (Å²) in [5, 5.41) is 11.6. The van der Waals surface area contributed by atoms with Gasteiger partial charge in [-0.25, -0.2) is 9.48 Å². The Labute approximate surface area is 235 Å². The van der Waals surface area contributed by atoms with Gasteiger partial charge in [0.25, 0.3) is 0 Å². The van der Waals surface area contributed by atoms with Gasteiger partial charge in [0.15, 0.2) is 0 Å². The SMILES string of the molecule is CC1=C(C(=O)OCc2ccccc2)C(c2cccc3ccccc23)n2nc(SCc3ccccc3Cl)nc2N1. The lowest BCUT2D eigenvalue weighted by atomic mass is 9.91. The molecule has 0 spiro atoms. The number of anilines is 1. The highest BCUT2D eigenvalue weighted by molar-refractivity contribution is 7.98. The number of halogens is 1. The Morgan fingerprint density at radius 3 is 2.56 bits per heavy atom. The van der Waals surface area contributed by atoms with Crippen molar-refractivity contribution in [2.75, 3.05) is 5.32 Å². The largest absolute Gasteiger partial charge is 0.457 e. The van der Waals surface area contributed by atoms with Crippen LogP contribution in [-0.4, -0.2) is 20.7 Å². The Balaban J connectivity index is 1.38. The Hall–Kier alpha value is -4.07. The van der Waals surface area contributed by atoms with Crippen LogP contribution in [0.5, 0.6) is 0 Å². The lowest BCUT2D eigenvalue weighted by Gasteiger charge is -2.29. The number of allylic oxidation sites excluding steroid dienone is 1. The molecule has 5 aromatic rings. The number of nitrogens with zero attached hydrogens (tertiary/aromatic N) is 3. The molecule has 0 amide bonds. The van der Waals surface area contributed by atoms with Crippen molar-refractivity contribution < 1.29 is 9.53 Å². The van der Waals surface area contributed by atoms with Crippen molar-refractivity contribution in [3.8, 4) is 0 Å². The zero-order valence-corrected chi connectivity index (χ0v) is 22.7. The van der Waals surface area contributed by atoms with E-state index >= 15 is 0 Å². The molecular weight excluding hydrogens is 528 g/mol. The lowest BCUT2D eigenvalue weighted by Crippen LogP contribution is -2.29. The van der Waals surface area contributed by atoms with Crippen LogP contribution >= 0.6 is 23.4 Å². The quantitative estimate of drug-likeness (QED) is 0.167. The second kappa shape index (κ2) is 11.0. The Kier molecular flexibility index (Phi) is 7.09. The van der Waals surface area contributed by atoms with Crippen LogP contribution in [-0.2, 0) is 21.9 Å². The van der Waals surface area contributed by atoms with Gasteiger partial charge in [-0.05, 0) is 40.5 Å². The molecule has 0 saturated carbocycles. The minimum absolute atomic E-state index is 0.182. The van der Waals surface area contributed by atoms with E-state index in [9.17, 15) is 4.79 Å². The van der Waals surface area contributed by atoms with Crippen LogP contribution in [0.4, 0.5) is 5.95 Å². The van der Waals surface area contributed by atoms with E-state index in [1.807, 2.05) is 85.8 Å². The predicted molar refractivity (Wildman–Crippen MR) is 156 cm³/mol. The van der Waals surface area contributed by atoms with Crippen LogP contribution < -0.4 is 5.32 Å². The molecule has 8 heteroatoms. The summed E-state index contributed by atoms with van der Waals surface area (Å²) in [6.45, 7) is 2.06. The number of fused-ring (bicyclic) bond motifs is 2. The van der Waals surface area contributed by atoms with Crippen LogP contribution in [0.15, 0.2) is 113 Å². The maximum Gasteiger partial charge on any atom is 0.338 e. The number of nitrogens with one attached hydrogen (secondary N) is 1. The molecule has 39 heavy (non-hydrogen) atoms. The summed E-state index contributed by atoms with van der Waals surface area (Å²) in [4.78, 5) is 18.4. The first kappa shape index (κ1) is 25.2. The Bertz CT molecular complexity index is 1690. The number of carbonyl (C=O) groups is 1. The molecule has 1 N–H and O–H groups in total. The van der Waals surface area contributed by atoms with Gasteiger partial charge >= 0.3 is 5.97 Å². The van der Waals surface area contributed by atoms with Gasteiger partial charge in [-0.15, -0.1) is 5.10 Å². The molecule has 1 aliphatic rings. The summed E-state index contributed by atoms with van der Waals surface area (Å²) in [5.41, 5.74) is 4.08. The van der Waals surface area contributed by atoms with Crippen molar-refractivity contribution in [2.45, 2.75) is 30.5 Å². The zero-order chi connectivity index (χ0) is 26.8. The number of carbonyl (C=O) groups excluding carboxylic acids is 1. The minimum Gasteiger partial charge on any atom is -0.457 e. The molecule has 1 atom stereocenters. The lowest BCUT2D eigenvalue weighted by molar-refractivity contribution is -0.140. The van der Waals surface area contributed by atoms with E-state index in [1.165, 1.54) is 11.8 Å². The van der Waals surface area contributed by atoms with Crippen LogP contribution in [0, 0.1) is 0 Å². The first-order chi connectivity index (χ1) is 19.1. The van der Waals surface area contributed by atoms with Gasteiger partial charge in [0.05, 0.1) is 5.57 Å². The van der Waals surface area contributed by atoms with Crippen LogP contribution in [0.2, 0.25) is 5.02 Å². The molecule has 194 valence electrons. The van der Waals surface area contributed by atoms with Crippen molar-refractivity contribution in [1.82, 2.24) is 14.8 Å². The molecule has 0 radical (unpaired) electrons. The third kappa shape index (κ3) is 5.15. The first-order valence-electron chi connectivity index (χ1n) is 12.6. The molecule has 0 bridgehead atoms. The van der Waals surface area contributed by atoms with Crippen LogP contribution in [0.3, 0.4) is 0 Å². The second-order valence-electron chi connectivity index (χ2n) is 9.24. The molecule has 2 heterocycles. The standard InChI is InChI=1S/C31H25ClN4O2S/c1-20-27(29(37)38-18-21-10-3-2-4-11-21)28(25-16-9-14-22-12-5-7-15-24(22)25)36-30(33-20)34-31(35-36)39-19-23-13-6-8-17-26(23)32/h2-17,28H,18-19H2,1H3,(H,33,34,35). The van der Waals surface area contributed by atoms with Crippen LogP contribution in [0.25, 0.3) is 10.8 Å². The molecule has 6 nitrogen and oxygen atoms in total. The highest BCUT2D eigenvalue weighted by atomic mass is 35.5. The average Bonchev–Trinajstić information content (AvgIpc) is 3.37. The van der Waals surface area contributed by atoms with Gasteiger partial charge in [-0.2, -0.15) is 4.98 Å². The van der Waals surface area contributed by atoms with Crippen molar-refractivity contribution in [1.29, 1.82) is 0 Å².